The van der Waals surface area contributed by atoms with Crippen molar-refractivity contribution in [2.75, 3.05) is 26.2 Å². The van der Waals surface area contributed by atoms with Gasteiger partial charge in [-0.25, -0.2) is 16.8 Å². The third kappa shape index (κ3) is 3.82. The first kappa shape index (κ1) is 22.4. The number of ether oxygens (including phenoxy) is 1. The predicted octanol–water partition coefficient (Wildman–Crippen LogP) is 2.81. The molecule has 2 aromatic rings. The average molecular weight is 465 g/mol. The highest BCUT2D eigenvalue weighted by molar-refractivity contribution is 7.89. The zero-order valence-electron chi connectivity index (χ0n) is 18.0. The molecule has 4 rings (SSSR count). The van der Waals surface area contributed by atoms with Crippen LogP contribution in [0.1, 0.15) is 29.5 Å². The van der Waals surface area contributed by atoms with Crippen molar-refractivity contribution in [2.24, 2.45) is 0 Å². The van der Waals surface area contributed by atoms with Gasteiger partial charge in [-0.1, -0.05) is 35.9 Å². The Morgan fingerprint density at radius 3 is 2.00 bits per heavy atom. The van der Waals surface area contributed by atoms with Crippen LogP contribution in [0, 0.1) is 20.8 Å². The maximum Gasteiger partial charge on any atom is 0.246 e. The molecule has 0 atom stereocenters. The molecular weight excluding hydrogens is 436 g/mol. The van der Waals surface area contributed by atoms with Gasteiger partial charge in [0.1, 0.15) is 5.72 Å². The molecule has 0 unspecified atom stereocenters. The summed E-state index contributed by atoms with van der Waals surface area (Å²) < 4.78 is 62.2. The number of piperidine rings is 1. The maximum atomic E-state index is 13.7. The van der Waals surface area contributed by atoms with Gasteiger partial charge >= 0.3 is 0 Å². The van der Waals surface area contributed by atoms with Crippen molar-refractivity contribution in [1.82, 2.24) is 8.61 Å². The molecule has 2 aromatic carbocycles. The molecule has 0 amide bonds. The number of hydrogen-bond donors (Lipinski definition) is 0. The van der Waals surface area contributed by atoms with Gasteiger partial charge in [0, 0.05) is 32.5 Å². The highest BCUT2D eigenvalue weighted by Crippen LogP contribution is 2.40. The summed E-state index contributed by atoms with van der Waals surface area (Å²) in [6, 6.07) is 12.1. The van der Waals surface area contributed by atoms with E-state index in [1.165, 1.54) is 8.61 Å². The van der Waals surface area contributed by atoms with Gasteiger partial charge in [0.05, 0.1) is 16.4 Å². The second-order valence-electron chi connectivity index (χ2n) is 8.32. The Bertz CT molecular complexity index is 1160. The molecule has 7 nitrogen and oxygen atoms in total. The van der Waals surface area contributed by atoms with Gasteiger partial charge in [-0.15, -0.1) is 0 Å². The first-order valence-electron chi connectivity index (χ1n) is 10.4. The molecule has 1 spiro atoms. The van der Waals surface area contributed by atoms with Crippen LogP contribution in [0.25, 0.3) is 0 Å². The normalized spacial score (nSPS) is 20.4. The zero-order valence-corrected chi connectivity index (χ0v) is 19.7. The van der Waals surface area contributed by atoms with E-state index in [1.54, 1.807) is 30.3 Å². The fourth-order valence-corrected chi connectivity index (χ4v) is 8.43. The predicted molar refractivity (Wildman–Crippen MR) is 118 cm³/mol. The van der Waals surface area contributed by atoms with Crippen molar-refractivity contribution in [3.63, 3.8) is 0 Å². The van der Waals surface area contributed by atoms with Crippen LogP contribution in [0.15, 0.2) is 52.3 Å². The van der Waals surface area contributed by atoms with E-state index in [0.717, 1.165) is 5.56 Å². The fourth-order valence-electron chi connectivity index (χ4n) is 4.83. The highest BCUT2D eigenvalue weighted by Gasteiger charge is 2.52. The second kappa shape index (κ2) is 7.97. The van der Waals surface area contributed by atoms with E-state index in [2.05, 4.69) is 0 Å². The first-order chi connectivity index (χ1) is 14.6. The molecule has 9 heteroatoms. The molecule has 2 aliphatic heterocycles. The lowest BCUT2D eigenvalue weighted by Crippen LogP contribution is -2.55. The molecule has 31 heavy (non-hydrogen) atoms. The quantitative estimate of drug-likeness (QED) is 0.695. The summed E-state index contributed by atoms with van der Waals surface area (Å²) >= 11 is 0. The molecule has 0 bridgehead atoms. The number of hydrogen-bond acceptors (Lipinski definition) is 5. The topological polar surface area (TPSA) is 84.0 Å². The van der Waals surface area contributed by atoms with Crippen molar-refractivity contribution in [2.45, 2.75) is 49.1 Å². The van der Waals surface area contributed by atoms with E-state index in [4.69, 9.17) is 4.74 Å². The minimum absolute atomic E-state index is 0.203. The SMILES string of the molecule is Cc1cc(C)c(S(=O)(=O)N2CCOC23CCN(S(=O)(=O)c2ccccc2)CC3)c(C)c1. The Hall–Kier alpha value is -1.78. The Labute approximate surface area is 184 Å². The van der Waals surface area contributed by atoms with Crippen LogP contribution in [0.5, 0.6) is 0 Å². The smallest absolute Gasteiger partial charge is 0.246 e. The van der Waals surface area contributed by atoms with Gasteiger partial charge in [-0.05, 0) is 44.0 Å². The van der Waals surface area contributed by atoms with Crippen molar-refractivity contribution in [1.29, 1.82) is 0 Å². The molecule has 0 N–H and O–H groups in total. The van der Waals surface area contributed by atoms with Crippen molar-refractivity contribution < 1.29 is 21.6 Å². The summed E-state index contributed by atoms with van der Waals surface area (Å²) in [5, 5.41) is 0. The van der Waals surface area contributed by atoms with Gasteiger partial charge in [0.25, 0.3) is 0 Å². The van der Waals surface area contributed by atoms with Gasteiger partial charge in [-0.3, -0.25) is 0 Å². The van der Waals surface area contributed by atoms with E-state index >= 15 is 0 Å². The summed E-state index contributed by atoms with van der Waals surface area (Å²) in [5.41, 5.74) is 1.43. The highest BCUT2D eigenvalue weighted by atomic mass is 32.2. The molecule has 2 aliphatic rings. The van der Waals surface area contributed by atoms with Crippen LogP contribution in [-0.2, 0) is 24.8 Å². The Balaban J connectivity index is 1.61. The average Bonchev–Trinajstić information content (AvgIpc) is 3.12. The van der Waals surface area contributed by atoms with Gasteiger partial charge in [0.2, 0.25) is 20.0 Å². The molecule has 0 radical (unpaired) electrons. The lowest BCUT2D eigenvalue weighted by atomic mass is 10.0. The van der Waals surface area contributed by atoms with E-state index < -0.39 is 25.8 Å². The lowest BCUT2D eigenvalue weighted by molar-refractivity contribution is -0.0806. The minimum atomic E-state index is -3.79. The molecule has 0 aliphatic carbocycles. The molecular formula is C22H28N2O5S2. The maximum absolute atomic E-state index is 13.7. The number of aryl methyl sites for hydroxylation is 3. The summed E-state index contributed by atoms with van der Waals surface area (Å²) in [6.45, 7) is 6.54. The Morgan fingerprint density at radius 1 is 0.839 bits per heavy atom. The second-order valence-corrected chi connectivity index (χ2v) is 12.1. The number of nitrogens with zero attached hydrogens (tertiary/aromatic N) is 2. The number of benzene rings is 2. The van der Waals surface area contributed by atoms with Crippen LogP contribution in [-0.4, -0.2) is 57.4 Å². The minimum Gasteiger partial charge on any atom is -0.358 e. The molecule has 0 saturated carbocycles. The van der Waals surface area contributed by atoms with E-state index in [-0.39, 0.29) is 24.5 Å². The first-order valence-corrected chi connectivity index (χ1v) is 13.3. The van der Waals surface area contributed by atoms with Crippen LogP contribution >= 0.6 is 0 Å². The van der Waals surface area contributed by atoms with Crippen molar-refractivity contribution in [3.05, 3.63) is 59.2 Å². The number of rotatable bonds is 4. The van der Waals surface area contributed by atoms with Crippen LogP contribution in [0.3, 0.4) is 0 Å². The van der Waals surface area contributed by atoms with Crippen molar-refractivity contribution in [3.8, 4) is 0 Å². The van der Waals surface area contributed by atoms with E-state index in [9.17, 15) is 16.8 Å². The Kier molecular flexibility index (Phi) is 5.76. The summed E-state index contributed by atoms with van der Waals surface area (Å²) in [6.07, 6.45) is 0.588. The van der Waals surface area contributed by atoms with Crippen LogP contribution < -0.4 is 0 Å². The number of sulfonamides is 2. The van der Waals surface area contributed by atoms with Gasteiger partial charge in [-0.2, -0.15) is 8.61 Å². The summed E-state index contributed by atoms with van der Waals surface area (Å²) in [5.74, 6) is 0. The monoisotopic (exact) mass is 464 g/mol. The van der Waals surface area contributed by atoms with Gasteiger partial charge < -0.3 is 4.74 Å². The molecule has 2 heterocycles. The summed E-state index contributed by atoms with van der Waals surface area (Å²) in [7, 11) is -7.41. The third-order valence-electron chi connectivity index (χ3n) is 6.16. The summed E-state index contributed by atoms with van der Waals surface area (Å²) in [4.78, 5) is 0.566. The van der Waals surface area contributed by atoms with E-state index in [1.807, 2.05) is 32.9 Å². The van der Waals surface area contributed by atoms with E-state index in [0.29, 0.717) is 35.5 Å². The third-order valence-corrected chi connectivity index (χ3v) is 10.3. The Morgan fingerprint density at radius 2 is 1.42 bits per heavy atom. The molecule has 2 saturated heterocycles. The lowest BCUT2D eigenvalue weighted by Gasteiger charge is -2.42. The molecule has 168 valence electrons. The largest absolute Gasteiger partial charge is 0.358 e. The fraction of sp³-hybridized carbons (Fsp3) is 0.455. The van der Waals surface area contributed by atoms with Crippen molar-refractivity contribution >= 4 is 20.0 Å². The zero-order chi connectivity index (χ0) is 22.4. The van der Waals surface area contributed by atoms with Crippen LogP contribution in [0.4, 0.5) is 0 Å². The molecule has 2 fully saturated rings. The standard InChI is InChI=1S/C22H28N2O5S2/c1-17-15-18(2)21(19(3)16-17)31(27,28)24-13-14-29-22(24)9-11-23(12-10-22)30(25,26)20-7-5-4-6-8-20/h4-8,15-16H,9-14H2,1-3H3. The molecule has 0 aromatic heterocycles. The van der Waals surface area contributed by atoms with Gasteiger partial charge in [0.15, 0.2) is 0 Å². The van der Waals surface area contributed by atoms with Crippen LogP contribution in [0.2, 0.25) is 0 Å².